The number of hydrogen-bond acceptors (Lipinski definition) is 5. The van der Waals surface area contributed by atoms with E-state index in [4.69, 9.17) is 4.52 Å². The van der Waals surface area contributed by atoms with E-state index in [2.05, 4.69) is 19.8 Å². The third kappa shape index (κ3) is 3.30. The molecule has 0 aliphatic heterocycles. The van der Waals surface area contributed by atoms with Gasteiger partial charge in [-0.25, -0.2) is 8.42 Å². The lowest BCUT2D eigenvalue weighted by molar-refractivity contribution is 0.422. The van der Waals surface area contributed by atoms with Crippen LogP contribution in [0.25, 0.3) is 11.5 Å². The Hall–Kier alpha value is -2.61. The van der Waals surface area contributed by atoms with Gasteiger partial charge in [-0.15, -0.1) is 0 Å². The zero-order valence-electron chi connectivity index (χ0n) is 14.5. The van der Waals surface area contributed by atoms with Crippen LogP contribution >= 0.6 is 0 Å². The second kappa shape index (κ2) is 6.36. The molecule has 132 valence electrons. The van der Waals surface area contributed by atoms with Crippen molar-refractivity contribution in [2.24, 2.45) is 0 Å². The van der Waals surface area contributed by atoms with Gasteiger partial charge in [0.05, 0.1) is 5.56 Å². The first-order valence-electron chi connectivity index (χ1n) is 7.93. The predicted molar refractivity (Wildman–Crippen MR) is 94.9 cm³/mol. The highest BCUT2D eigenvalue weighted by Crippen LogP contribution is 2.33. The maximum absolute atomic E-state index is 13.0. The van der Waals surface area contributed by atoms with Crippen LogP contribution < -0.4 is 4.72 Å². The molecule has 2 aromatic heterocycles. The Balaban J connectivity index is 2.08. The second-order valence-corrected chi connectivity index (χ2v) is 7.54. The number of aryl methyl sites for hydroxylation is 4. The molecule has 0 spiro atoms. The number of benzene rings is 1. The Labute approximate surface area is 146 Å². The summed E-state index contributed by atoms with van der Waals surface area (Å²) in [7, 11) is -3.82. The van der Waals surface area contributed by atoms with Crippen LogP contribution in [0.2, 0.25) is 0 Å². The molecule has 0 radical (unpaired) electrons. The first-order chi connectivity index (χ1) is 11.8. The van der Waals surface area contributed by atoms with Gasteiger partial charge in [-0.3, -0.25) is 4.72 Å². The summed E-state index contributed by atoms with van der Waals surface area (Å²) in [6.07, 6.45) is 0.607. The van der Waals surface area contributed by atoms with Crippen LogP contribution in [0.4, 0.5) is 5.69 Å². The lowest BCUT2D eigenvalue weighted by atomic mass is 10.2. The highest BCUT2D eigenvalue weighted by atomic mass is 32.2. The summed E-state index contributed by atoms with van der Waals surface area (Å²) < 4.78 is 33.8. The monoisotopic (exact) mass is 360 g/mol. The number of nitrogens with zero attached hydrogens (tertiary/aromatic N) is 2. The molecule has 0 atom stereocenters. The number of H-pyrrole nitrogens is 1. The van der Waals surface area contributed by atoms with Crippen LogP contribution in [0, 0.1) is 20.8 Å². The summed E-state index contributed by atoms with van der Waals surface area (Å²) in [5, 5.41) is 3.86. The fourth-order valence-corrected chi connectivity index (χ4v) is 4.19. The zero-order valence-corrected chi connectivity index (χ0v) is 15.4. The average molecular weight is 360 g/mol. The molecule has 7 nitrogen and oxygen atoms in total. The maximum atomic E-state index is 13.0. The standard InChI is InChI=1S/C17H20N4O3S/c1-5-14-19-17(24-20-14)15-11(3)18-12(4)16(15)25(22,23)21-13-8-6-10(2)7-9-13/h6-9,18,21H,5H2,1-4H3. The molecule has 0 saturated carbocycles. The van der Waals surface area contributed by atoms with Gasteiger partial charge >= 0.3 is 0 Å². The highest BCUT2D eigenvalue weighted by molar-refractivity contribution is 7.93. The molecular weight excluding hydrogens is 340 g/mol. The maximum Gasteiger partial charge on any atom is 0.264 e. The van der Waals surface area contributed by atoms with Crippen LogP contribution in [-0.2, 0) is 16.4 Å². The van der Waals surface area contributed by atoms with Gasteiger partial charge < -0.3 is 9.51 Å². The number of aromatic amines is 1. The molecule has 0 amide bonds. The molecule has 2 N–H and O–H groups in total. The number of hydrogen-bond donors (Lipinski definition) is 2. The summed E-state index contributed by atoms with van der Waals surface area (Å²) in [6.45, 7) is 7.33. The Kier molecular flexibility index (Phi) is 4.38. The molecule has 0 fully saturated rings. The fraction of sp³-hybridized carbons (Fsp3) is 0.294. The number of rotatable bonds is 5. The molecule has 8 heteroatoms. The van der Waals surface area contributed by atoms with Crippen molar-refractivity contribution in [2.75, 3.05) is 4.72 Å². The Bertz CT molecular complexity index is 1000. The molecule has 0 aliphatic rings. The van der Waals surface area contributed by atoms with Crippen molar-refractivity contribution in [3.8, 4) is 11.5 Å². The summed E-state index contributed by atoms with van der Waals surface area (Å²) >= 11 is 0. The summed E-state index contributed by atoms with van der Waals surface area (Å²) in [5.74, 6) is 0.728. The van der Waals surface area contributed by atoms with E-state index < -0.39 is 10.0 Å². The molecule has 0 saturated heterocycles. The largest absolute Gasteiger partial charge is 0.361 e. The molecule has 0 bridgehead atoms. The smallest absolute Gasteiger partial charge is 0.264 e. The number of aromatic nitrogens is 3. The van der Waals surface area contributed by atoms with Crippen LogP contribution in [-0.4, -0.2) is 23.5 Å². The van der Waals surface area contributed by atoms with Crippen molar-refractivity contribution in [2.45, 2.75) is 39.0 Å². The first-order valence-corrected chi connectivity index (χ1v) is 9.41. The van der Waals surface area contributed by atoms with Crippen molar-refractivity contribution in [1.82, 2.24) is 15.1 Å². The number of sulfonamides is 1. The van der Waals surface area contributed by atoms with Gasteiger partial charge in [0, 0.05) is 23.5 Å². The van der Waals surface area contributed by atoms with Gasteiger partial charge in [-0.1, -0.05) is 29.8 Å². The summed E-state index contributed by atoms with van der Waals surface area (Å²) in [5.41, 5.74) is 3.13. The van der Waals surface area contributed by atoms with E-state index in [1.165, 1.54) is 0 Å². The van der Waals surface area contributed by atoms with Crippen LogP contribution in [0.1, 0.15) is 29.7 Å². The van der Waals surface area contributed by atoms with E-state index in [1.807, 2.05) is 26.0 Å². The van der Waals surface area contributed by atoms with Crippen molar-refractivity contribution in [3.05, 3.63) is 47.0 Å². The fourth-order valence-electron chi connectivity index (χ4n) is 2.68. The third-order valence-corrected chi connectivity index (χ3v) is 5.44. The number of nitrogens with one attached hydrogen (secondary N) is 2. The lowest BCUT2D eigenvalue weighted by Crippen LogP contribution is -2.14. The van der Waals surface area contributed by atoms with E-state index in [0.717, 1.165) is 5.56 Å². The van der Waals surface area contributed by atoms with Crippen molar-refractivity contribution < 1.29 is 12.9 Å². The topological polar surface area (TPSA) is 101 Å². The van der Waals surface area contributed by atoms with Crippen LogP contribution in [0.3, 0.4) is 0 Å². The van der Waals surface area contributed by atoms with E-state index in [-0.39, 0.29) is 10.8 Å². The minimum absolute atomic E-state index is 0.122. The molecule has 2 heterocycles. The van der Waals surface area contributed by atoms with Gasteiger partial charge in [-0.05, 0) is 32.9 Å². The molecule has 3 aromatic rings. The van der Waals surface area contributed by atoms with Crippen LogP contribution in [0.15, 0.2) is 33.7 Å². The van der Waals surface area contributed by atoms with E-state index in [1.54, 1.807) is 26.0 Å². The molecule has 0 aliphatic carbocycles. The van der Waals surface area contributed by atoms with Crippen molar-refractivity contribution in [1.29, 1.82) is 0 Å². The summed E-state index contributed by atoms with van der Waals surface area (Å²) in [6, 6.07) is 7.14. The lowest BCUT2D eigenvalue weighted by Gasteiger charge is -2.09. The molecule has 3 rings (SSSR count). The van der Waals surface area contributed by atoms with E-state index in [9.17, 15) is 8.42 Å². The van der Waals surface area contributed by atoms with Gasteiger partial charge in [0.2, 0.25) is 0 Å². The van der Waals surface area contributed by atoms with Gasteiger partial charge in [-0.2, -0.15) is 4.98 Å². The SMILES string of the molecule is CCc1noc(-c2c(C)[nH]c(C)c2S(=O)(=O)Nc2ccc(C)cc2)n1. The molecular formula is C17H20N4O3S. The Morgan fingerprint density at radius 3 is 2.40 bits per heavy atom. The summed E-state index contributed by atoms with van der Waals surface area (Å²) in [4.78, 5) is 7.45. The zero-order chi connectivity index (χ0) is 18.2. The normalized spacial score (nSPS) is 11.7. The first kappa shape index (κ1) is 17.2. The predicted octanol–water partition coefficient (Wildman–Crippen LogP) is 3.35. The Morgan fingerprint density at radius 1 is 1.12 bits per heavy atom. The van der Waals surface area contributed by atoms with Crippen LogP contribution in [0.5, 0.6) is 0 Å². The average Bonchev–Trinajstić information content (AvgIpc) is 3.13. The van der Waals surface area contributed by atoms with Crippen molar-refractivity contribution >= 4 is 15.7 Å². The molecule has 1 aromatic carbocycles. The van der Waals surface area contributed by atoms with Gasteiger partial charge in [0.1, 0.15) is 4.90 Å². The van der Waals surface area contributed by atoms with E-state index in [0.29, 0.717) is 34.9 Å². The van der Waals surface area contributed by atoms with Crippen molar-refractivity contribution in [3.63, 3.8) is 0 Å². The molecule has 0 unspecified atom stereocenters. The minimum atomic E-state index is -3.82. The van der Waals surface area contributed by atoms with E-state index >= 15 is 0 Å². The third-order valence-electron chi connectivity index (χ3n) is 3.89. The molecule has 25 heavy (non-hydrogen) atoms. The highest BCUT2D eigenvalue weighted by Gasteiger charge is 2.29. The Morgan fingerprint density at radius 2 is 1.80 bits per heavy atom. The van der Waals surface area contributed by atoms with Gasteiger partial charge in [0.25, 0.3) is 15.9 Å². The van der Waals surface area contributed by atoms with Gasteiger partial charge in [0.15, 0.2) is 5.82 Å². The minimum Gasteiger partial charge on any atom is -0.361 e. The second-order valence-electron chi connectivity index (χ2n) is 5.92. The quantitative estimate of drug-likeness (QED) is 0.726. The number of anilines is 1.